The van der Waals surface area contributed by atoms with Gasteiger partial charge >= 0.3 is 0 Å². The van der Waals surface area contributed by atoms with Gasteiger partial charge in [0.1, 0.15) is 5.75 Å². The summed E-state index contributed by atoms with van der Waals surface area (Å²) in [5, 5.41) is 2.33. The molecule has 0 amide bonds. The van der Waals surface area contributed by atoms with Gasteiger partial charge in [0.2, 0.25) is 0 Å². The van der Waals surface area contributed by atoms with Gasteiger partial charge in [-0.25, -0.2) is 4.85 Å². The molecule has 0 aliphatic carbocycles. The van der Waals surface area contributed by atoms with Crippen molar-refractivity contribution in [2.24, 2.45) is 0 Å². The second-order valence-corrected chi connectivity index (χ2v) is 17.9. The molecule has 0 aromatic heterocycles. The van der Waals surface area contributed by atoms with E-state index >= 15 is 0 Å². The van der Waals surface area contributed by atoms with E-state index in [0.29, 0.717) is 0 Å². The Balaban J connectivity index is 0.976. The van der Waals surface area contributed by atoms with E-state index in [2.05, 4.69) is 206 Å². The van der Waals surface area contributed by atoms with E-state index in [9.17, 15) is 0 Å². The van der Waals surface area contributed by atoms with Crippen molar-refractivity contribution in [3.05, 3.63) is 239 Å². The third-order valence-electron chi connectivity index (χ3n) is 13.4. The van der Waals surface area contributed by atoms with Crippen molar-refractivity contribution in [1.29, 1.82) is 0 Å². The first-order chi connectivity index (χ1) is 33.0. The Morgan fingerprint density at radius 2 is 1.04 bits per heavy atom. The van der Waals surface area contributed by atoms with Gasteiger partial charge in [-0.2, -0.15) is 0 Å². The summed E-state index contributed by atoms with van der Waals surface area (Å²) in [6.07, 6.45) is 20.3. The molecule has 0 bridgehead atoms. The van der Waals surface area contributed by atoms with Crippen LogP contribution in [0.5, 0.6) is 5.75 Å². The molecule has 0 saturated heterocycles. The largest absolute Gasteiger partial charge is 0.473 e. The summed E-state index contributed by atoms with van der Waals surface area (Å²) in [4.78, 5) is 5.73. The molecule has 1 atom stereocenters. The SMILES string of the molecule is [C-]#[N+]/C=C\c1ccc(-c2ccc(C3(c4ccccc4)C=Cc4c(ccc5cc(-c6ccc(N(c7ccc(CCCCCC)cc7)c7ccc(CCCCCC)cc7)cc6)ccc45)O3)cc2)cc1. The third kappa shape index (κ3) is 10.2. The van der Waals surface area contributed by atoms with Crippen LogP contribution in [0.4, 0.5) is 17.1 Å². The van der Waals surface area contributed by atoms with Gasteiger partial charge in [-0.3, -0.25) is 0 Å². The van der Waals surface area contributed by atoms with E-state index in [-0.39, 0.29) is 0 Å². The first-order valence-corrected chi connectivity index (χ1v) is 24.4. The number of hydrogen-bond donors (Lipinski definition) is 0. The Bertz CT molecular complexity index is 2920. The van der Waals surface area contributed by atoms with E-state index in [0.717, 1.165) is 63.0 Å². The summed E-state index contributed by atoms with van der Waals surface area (Å²) in [5.74, 6) is 0.859. The number of ether oxygens (including phenoxy) is 1. The Morgan fingerprint density at radius 1 is 0.522 bits per heavy atom. The lowest BCUT2D eigenvalue weighted by Crippen LogP contribution is -2.34. The summed E-state index contributed by atoms with van der Waals surface area (Å²) in [5.41, 5.74) is 14.3. The predicted molar refractivity (Wildman–Crippen MR) is 284 cm³/mol. The molecule has 0 radical (unpaired) electrons. The minimum atomic E-state index is -0.795. The highest BCUT2D eigenvalue weighted by Crippen LogP contribution is 2.45. The Morgan fingerprint density at radius 3 is 1.63 bits per heavy atom. The Labute approximate surface area is 398 Å². The number of hydrogen-bond acceptors (Lipinski definition) is 2. The van der Waals surface area contributed by atoms with E-state index in [4.69, 9.17) is 11.3 Å². The van der Waals surface area contributed by atoms with Gasteiger partial charge in [0.25, 0.3) is 0 Å². The minimum absolute atomic E-state index is 0.795. The van der Waals surface area contributed by atoms with Crippen LogP contribution in [0, 0.1) is 6.57 Å². The number of unbranched alkanes of at least 4 members (excludes halogenated alkanes) is 6. The summed E-state index contributed by atoms with van der Waals surface area (Å²) in [6, 6.07) is 66.1. The maximum atomic E-state index is 7.16. The molecule has 8 aromatic rings. The molecule has 3 nitrogen and oxygen atoms in total. The molecule has 1 unspecified atom stereocenters. The number of rotatable bonds is 18. The standard InChI is InChI=1S/C64H60N2O/c1-4-6-8-11-15-48-21-35-58(36-22-48)66(59-37-23-49(24-38-59)16-12-9-7-5-2)60-39-29-53(30-40-60)54-31-41-61-55(47-54)32-42-63-62(61)43-45-64(67-63,56-17-13-10-14-18-56)57-33-27-52(28-34-57)51-25-19-50(20-26-51)44-46-65-3/h10,13-14,17-47H,4-9,11-12,15-16H2,1-2H3/b46-44-. The number of nitrogens with zero attached hydrogens (tertiary/aromatic N) is 2. The average Bonchev–Trinajstić information content (AvgIpc) is 3.39. The Hall–Kier alpha value is -7.41. The van der Waals surface area contributed by atoms with Crippen LogP contribution in [0.2, 0.25) is 0 Å². The fourth-order valence-corrected chi connectivity index (χ4v) is 9.55. The second kappa shape index (κ2) is 21.3. The summed E-state index contributed by atoms with van der Waals surface area (Å²) >= 11 is 0. The third-order valence-corrected chi connectivity index (χ3v) is 13.4. The molecule has 1 heterocycles. The first-order valence-electron chi connectivity index (χ1n) is 24.4. The zero-order valence-electron chi connectivity index (χ0n) is 39.0. The fraction of sp³-hybridized carbons (Fsp3) is 0.203. The average molecular weight is 873 g/mol. The van der Waals surface area contributed by atoms with Crippen LogP contribution in [0.15, 0.2) is 194 Å². The topological polar surface area (TPSA) is 16.8 Å². The number of fused-ring (bicyclic) bond motifs is 3. The molecule has 0 saturated carbocycles. The van der Waals surface area contributed by atoms with Crippen molar-refractivity contribution in [3.8, 4) is 28.0 Å². The highest BCUT2D eigenvalue weighted by Gasteiger charge is 2.37. The predicted octanol–water partition coefficient (Wildman–Crippen LogP) is 18.1. The van der Waals surface area contributed by atoms with E-state index < -0.39 is 5.60 Å². The van der Waals surface area contributed by atoms with E-state index in [1.807, 2.05) is 18.2 Å². The number of aryl methyl sites for hydroxylation is 2. The van der Waals surface area contributed by atoms with Gasteiger partial charge in [0, 0.05) is 33.8 Å². The van der Waals surface area contributed by atoms with Gasteiger partial charge < -0.3 is 9.64 Å². The lowest BCUT2D eigenvalue weighted by molar-refractivity contribution is 0.161. The van der Waals surface area contributed by atoms with Crippen molar-refractivity contribution in [2.75, 3.05) is 4.90 Å². The van der Waals surface area contributed by atoms with Gasteiger partial charge in [0.15, 0.2) is 11.8 Å². The van der Waals surface area contributed by atoms with Crippen LogP contribution in [-0.2, 0) is 18.4 Å². The summed E-state index contributed by atoms with van der Waals surface area (Å²) in [7, 11) is 0. The van der Waals surface area contributed by atoms with Crippen LogP contribution >= 0.6 is 0 Å². The van der Waals surface area contributed by atoms with Gasteiger partial charge in [-0.1, -0.05) is 192 Å². The maximum Gasteiger partial charge on any atom is 0.178 e. The van der Waals surface area contributed by atoms with Gasteiger partial charge in [-0.05, 0) is 136 Å². The van der Waals surface area contributed by atoms with Crippen LogP contribution in [0.3, 0.4) is 0 Å². The summed E-state index contributed by atoms with van der Waals surface area (Å²) < 4.78 is 7.16. The molecule has 0 spiro atoms. The zero-order valence-corrected chi connectivity index (χ0v) is 39.0. The molecule has 67 heavy (non-hydrogen) atoms. The molecular weight excluding hydrogens is 813 g/mol. The summed E-state index contributed by atoms with van der Waals surface area (Å²) in [6.45, 7) is 11.6. The maximum absolute atomic E-state index is 7.16. The van der Waals surface area contributed by atoms with Gasteiger partial charge in [-0.15, -0.1) is 0 Å². The Kier molecular flexibility index (Phi) is 14.2. The van der Waals surface area contributed by atoms with Crippen LogP contribution in [-0.4, -0.2) is 0 Å². The van der Waals surface area contributed by atoms with Crippen molar-refractivity contribution in [1.82, 2.24) is 0 Å². The molecule has 332 valence electrons. The highest BCUT2D eigenvalue weighted by atomic mass is 16.5. The fourth-order valence-electron chi connectivity index (χ4n) is 9.55. The van der Waals surface area contributed by atoms with Crippen molar-refractivity contribution >= 4 is 40.0 Å². The molecule has 0 N–H and O–H groups in total. The minimum Gasteiger partial charge on any atom is -0.473 e. The van der Waals surface area contributed by atoms with Crippen molar-refractivity contribution in [3.63, 3.8) is 0 Å². The quantitative estimate of drug-likeness (QED) is 0.0631. The van der Waals surface area contributed by atoms with Crippen molar-refractivity contribution in [2.45, 2.75) is 83.7 Å². The molecule has 1 aliphatic heterocycles. The molecular formula is C64H60N2O. The van der Waals surface area contributed by atoms with E-state index in [1.54, 1.807) is 0 Å². The molecule has 9 rings (SSSR count). The molecule has 0 fully saturated rings. The van der Waals surface area contributed by atoms with Crippen LogP contribution in [0.1, 0.15) is 98.6 Å². The van der Waals surface area contributed by atoms with Crippen LogP contribution < -0.4 is 9.64 Å². The van der Waals surface area contributed by atoms with Crippen LogP contribution in [0.25, 0.3) is 50.0 Å². The number of anilines is 3. The molecule has 3 heteroatoms. The lowest BCUT2D eigenvalue weighted by Gasteiger charge is -2.36. The second-order valence-electron chi connectivity index (χ2n) is 17.9. The zero-order chi connectivity index (χ0) is 45.8. The normalized spacial score (nSPS) is 14.2. The molecule has 8 aromatic carbocycles. The lowest BCUT2D eigenvalue weighted by atomic mass is 9.82. The molecule has 1 aliphatic rings. The monoisotopic (exact) mass is 872 g/mol. The van der Waals surface area contributed by atoms with E-state index in [1.165, 1.54) is 96.6 Å². The van der Waals surface area contributed by atoms with Crippen molar-refractivity contribution < 1.29 is 4.74 Å². The highest BCUT2D eigenvalue weighted by molar-refractivity contribution is 5.96. The number of benzene rings is 8. The van der Waals surface area contributed by atoms with Gasteiger partial charge in [0.05, 0.1) is 6.57 Å². The first kappa shape index (κ1) is 44.8. The smallest absolute Gasteiger partial charge is 0.178 e.